The number of carbonyl (C=O) groups is 1. The highest BCUT2D eigenvalue weighted by Crippen LogP contribution is 2.43. The second kappa shape index (κ2) is 4.09. The molecule has 1 aromatic heterocycles. The maximum Gasteiger partial charge on any atom is 0.270 e. The van der Waals surface area contributed by atoms with Gasteiger partial charge in [0, 0.05) is 18.8 Å². The van der Waals surface area contributed by atoms with Crippen molar-refractivity contribution >= 4 is 5.91 Å². The van der Waals surface area contributed by atoms with E-state index in [1.807, 2.05) is 0 Å². The molecule has 0 aromatic carbocycles. The van der Waals surface area contributed by atoms with E-state index < -0.39 is 17.4 Å². The molecule has 1 aliphatic rings. The normalized spacial score (nSPS) is 27.0. The van der Waals surface area contributed by atoms with Crippen LogP contribution in [0.5, 0.6) is 0 Å². The van der Waals surface area contributed by atoms with Crippen molar-refractivity contribution < 1.29 is 13.6 Å². The number of carbonyl (C=O) groups excluding carboxylic acids is 1. The maximum absolute atomic E-state index is 13.6. The number of nitrogens with one attached hydrogen (secondary N) is 1. The molecular formula is C11H15F2N3O. The topological polar surface area (TPSA) is 46.9 Å². The molecule has 2 rings (SSSR count). The summed E-state index contributed by atoms with van der Waals surface area (Å²) in [4.78, 5) is 15.5. The Labute approximate surface area is 98.0 Å². The Hall–Kier alpha value is -1.46. The first-order valence-electron chi connectivity index (χ1n) is 5.58. The van der Waals surface area contributed by atoms with Gasteiger partial charge in [-0.1, -0.05) is 0 Å². The van der Waals surface area contributed by atoms with E-state index in [4.69, 9.17) is 0 Å². The van der Waals surface area contributed by atoms with Crippen LogP contribution in [0.3, 0.4) is 0 Å². The molecule has 1 fully saturated rings. The second-order valence-corrected chi connectivity index (χ2v) is 4.67. The summed E-state index contributed by atoms with van der Waals surface area (Å²) in [5.41, 5.74) is -1.41. The molecule has 0 saturated heterocycles. The Kier molecular flexibility index (Phi) is 2.89. The first kappa shape index (κ1) is 12.0. The highest BCUT2D eigenvalue weighted by molar-refractivity contribution is 5.76. The predicted octanol–water partition coefficient (Wildman–Crippen LogP) is 1.58. The second-order valence-electron chi connectivity index (χ2n) is 4.67. The van der Waals surface area contributed by atoms with Crippen LogP contribution >= 0.6 is 0 Å². The van der Waals surface area contributed by atoms with E-state index in [2.05, 4.69) is 10.3 Å². The minimum Gasteiger partial charge on any atom is -0.343 e. The number of nitrogens with zero attached hydrogens (tertiary/aromatic N) is 2. The number of aromatic nitrogens is 2. The first-order chi connectivity index (χ1) is 7.93. The molecule has 17 heavy (non-hydrogen) atoms. The molecule has 1 N–H and O–H groups in total. The van der Waals surface area contributed by atoms with Gasteiger partial charge in [-0.15, -0.1) is 0 Å². The van der Waals surface area contributed by atoms with Gasteiger partial charge in [0.2, 0.25) is 5.91 Å². The van der Waals surface area contributed by atoms with Crippen LogP contribution < -0.4 is 5.32 Å². The van der Waals surface area contributed by atoms with Crippen LogP contribution in [-0.2, 0) is 11.3 Å². The molecule has 94 valence electrons. The summed E-state index contributed by atoms with van der Waals surface area (Å²) in [5.74, 6) is -3.23. The Bertz CT molecular complexity index is 405. The largest absolute Gasteiger partial charge is 0.343 e. The van der Waals surface area contributed by atoms with Gasteiger partial charge in [0.1, 0.15) is 12.1 Å². The fourth-order valence-electron chi connectivity index (χ4n) is 2.17. The molecule has 1 atom stereocenters. The minimum absolute atomic E-state index is 0.0195. The predicted molar refractivity (Wildman–Crippen MR) is 57.6 cm³/mol. The first-order valence-corrected chi connectivity index (χ1v) is 5.58. The Morgan fingerprint density at radius 2 is 2.29 bits per heavy atom. The summed E-state index contributed by atoms with van der Waals surface area (Å²) in [6.07, 6.45) is 5.24. The highest BCUT2D eigenvalue weighted by atomic mass is 19.3. The molecule has 1 aromatic rings. The van der Waals surface area contributed by atoms with Crippen LogP contribution in [-0.4, -0.2) is 26.9 Å². The molecule has 0 aliphatic heterocycles. The van der Waals surface area contributed by atoms with Gasteiger partial charge in [0.15, 0.2) is 0 Å². The standard InChI is InChI=1S/C11H15F2N3O/c1-10(3-2-4-11(10,12)13)15-9(17)7-16-6-5-14-8-16/h5-6,8H,2-4,7H2,1H3,(H,15,17). The van der Waals surface area contributed by atoms with Crippen molar-refractivity contribution in [2.45, 2.75) is 44.2 Å². The van der Waals surface area contributed by atoms with Gasteiger partial charge in [0.05, 0.1) is 6.33 Å². The van der Waals surface area contributed by atoms with Crippen LogP contribution in [0.1, 0.15) is 26.2 Å². The van der Waals surface area contributed by atoms with E-state index in [9.17, 15) is 13.6 Å². The SMILES string of the molecule is CC1(NC(=O)Cn2ccnc2)CCCC1(F)F. The van der Waals surface area contributed by atoms with Crippen LogP contribution in [0.2, 0.25) is 0 Å². The number of amides is 1. The molecule has 1 amide bonds. The Morgan fingerprint density at radius 3 is 2.82 bits per heavy atom. The van der Waals surface area contributed by atoms with Crippen LogP contribution in [0.4, 0.5) is 8.78 Å². The molecular weight excluding hydrogens is 228 g/mol. The lowest BCUT2D eigenvalue weighted by Crippen LogP contribution is -2.55. The molecule has 1 heterocycles. The zero-order valence-corrected chi connectivity index (χ0v) is 9.62. The summed E-state index contributed by atoms with van der Waals surface area (Å²) >= 11 is 0. The summed E-state index contributed by atoms with van der Waals surface area (Å²) in [6, 6.07) is 0. The number of imidazole rings is 1. The fraction of sp³-hybridized carbons (Fsp3) is 0.636. The molecule has 1 aliphatic carbocycles. The Morgan fingerprint density at radius 1 is 1.53 bits per heavy atom. The van der Waals surface area contributed by atoms with Crippen molar-refractivity contribution in [3.05, 3.63) is 18.7 Å². The molecule has 0 spiro atoms. The molecule has 4 nitrogen and oxygen atoms in total. The van der Waals surface area contributed by atoms with E-state index in [0.29, 0.717) is 12.8 Å². The van der Waals surface area contributed by atoms with Crippen molar-refractivity contribution in [3.8, 4) is 0 Å². The lowest BCUT2D eigenvalue weighted by atomic mass is 9.97. The number of halogens is 2. The molecule has 0 radical (unpaired) electrons. The summed E-state index contributed by atoms with van der Waals surface area (Å²) < 4.78 is 28.7. The highest BCUT2D eigenvalue weighted by Gasteiger charge is 2.54. The monoisotopic (exact) mass is 243 g/mol. The van der Waals surface area contributed by atoms with E-state index in [-0.39, 0.29) is 13.0 Å². The number of alkyl halides is 2. The maximum atomic E-state index is 13.6. The molecule has 0 bridgehead atoms. The third-order valence-electron chi connectivity index (χ3n) is 3.28. The zero-order chi connectivity index (χ0) is 12.5. The van der Waals surface area contributed by atoms with Crippen LogP contribution in [0.15, 0.2) is 18.7 Å². The van der Waals surface area contributed by atoms with Crippen molar-refractivity contribution in [2.75, 3.05) is 0 Å². The van der Waals surface area contributed by atoms with Gasteiger partial charge >= 0.3 is 0 Å². The van der Waals surface area contributed by atoms with Crippen LogP contribution in [0, 0.1) is 0 Å². The number of hydrogen-bond acceptors (Lipinski definition) is 2. The van der Waals surface area contributed by atoms with Gasteiger partial charge in [0.25, 0.3) is 5.92 Å². The van der Waals surface area contributed by atoms with Gasteiger partial charge in [-0.2, -0.15) is 0 Å². The van der Waals surface area contributed by atoms with Gasteiger partial charge in [-0.25, -0.2) is 13.8 Å². The minimum atomic E-state index is -2.82. The molecule has 6 heteroatoms. The lowest BCUT2D eigenvalue weighted by molar-refractivity contribution is -0.130. The fourth-order valence-corrected chi connectivity index (χ4v) is 2.17. The van der Waals surface area contributed by atoms with Crippen molar-refractivity contribution in [1.82, 2.24) is 14.9 Å². The lowest BCUT2D eigenvalue weighted by Gasteiger charge is -2.32. The third-order valence-corrected chi connectivity index (χ3v) is 3.28. The number of hydrogen-bond donors (Lipinski definition) is 1. The van der Waals surface area contributed by atoms with E-state index >= 15 is 0 Å². The van der Waals surface area contributed by atoms with Gasteiger partial charge < -0.3 is 9.88 Å². The zero-order valence-electron chi connectivity index (χ0n) is 9.62. The third kappa shape index (κ3) is 2.30. The van der Waals surface area contributed by atoms with Crippen molar-refractivity contribution in [1.29, 1.82) is 0 Å². The van der Waals surface area contributed by atoms with Crippen molar-refractivity contribution in [3.63, 3.8) is 0 Å². The van der Waals surface area contributed by atoms with Crippen molar-refractivity contribution in [2.24, 2.45) is 0 Å². The van der Waals surface area contributed by atoms with Crippen LogP contribution in [0.25, 0.3) is 0 Å². The molecule has 1 saturated carbocycles. The molecule has 1 unspecified atom stereocenters. The van der Waals surface area contributed by atoms with E-state index in [1.54, 1.807) is 17.0 Å². The smallest absolute Gasteiger partial charge is 0.270 e. The number of rotatable bonds is 3. The average molecular weight is 243 g/mol. The van der Waals surface area contributed by atoms with Gasteiger partial charge in [-0.3, -0.25) is 4.79 Å². The quantitative estimate of drug-likeness (QED) is 0.876. The van der Waals surface area contributed by atoms with Gasteiger partial charge in [-0.05, 0) is 19.8 Å². The van der Waals surface area contributed by atoms with E-state index in [1.165, 1.54) is 13.3 Å². The summed E-state index contributed by atoms with van der Waals surface area (Å²) in [7, 11) is 0. The Balaban J connectivity index is 1.99. The average Bonchev–Trinajstić information content (AvgIpc) is 2.76. The summed E-state index contributed by atoms with van der Waals surface area (Å²) in [5, 5.41) is 2.45. The summed E-state index contributed by atoms with van der Waals surface area (Å²) in [6.45, 7) is 1.43. The van der Waals surface area contributed by atoms with E-state index in [0.717, 1.165) is 0 Å².